The molecule has 3 aliphatic heterocycles. The molecule has 142 valence electrons. The van der Waals surface area contributed by atoms with Gasteiger partial charge in [-0.2, -0.15) is 0 Å². The van der Waals surface area contributed by atoms with Crippen LogP contribution in [0, 0.1) is 5.92 Å². The van der Waals surface area contributed by atoms with Crippen LogP contribution in [0.3, 0.4) is 0 Å². The van der Waals surface area contributed by atoms with Crippen molar-refractivity contribution in [2.24, 2.45) is 5.92 Å². The topological polar surface area (TPSA) is 45.7 Å². The minimum Gasteiger partial charge on any atom is -0.373 e. The van der Waals surface area contributed by atoms with E-state index in [0.717, 1.165) is 50.9 Å². The van der Waals surface area contributed by atoms with Gasteiger partial charge in [-0.15, -0.1) is 0 Å². The van der Waals surface area contributed by atoms with E-state index < -0.39 is 0 Å². The zero-order valence-electron chi connectivity index (χ0n) is 15.7. The van der Waals surface area contributed by atoms with Crippen LogP contribution in [-0.2, 0) is 16.0 Å². The van der Waals surface area contributed by atoms with Gasteiger partial charge in [0.15, 0.2) is 0 Å². The lowest BCUT2D eigenvalue weighted by Crippen LogP contribution is -2.50. The van der Waals surface area contributed by atoms with Crippen molar-refractivity contribution in [2.45, 2.75) is 50.5 Å². The molecule has 26 heavy (non-hydrogen) atoms. The number of ether oxygens (including phenoxy) is 1. The van der Waals surface area contributed by atoms with Gasteiger partial charge in [-0.1, -0.05) is 6.07 Å². The number of aromatic nitrogens is 1. The highest BCUT2D eigenvalue weighted by molar-refractivity contribution is 5.76. The summed E-state index contributed by atoms with van der Waals surface area (Å²) in [5, 5.41) is 0. The Kier molecular flexibility index (Phi) is 5.55. The molecule has 1 spiro atoms. The molecule has 5 heteroatoms. The van der Waals surface area contributed by atoms with Gasteiger partial charge >= 0.3 is 0 Å². The average Bonchev–Trinajstić information content (AvgIpc) is 3.31. The molecule has 0 N–H and O–H groups in total. The molecule has 1 aromatic heterocycles. The van der Waals surface area contributed by atoms with E-state index in [4.69, 9.17) is 4.74 Å². The molecule has 3 aliphatic rings. The van der Waals surface area contributed by atoms with Crippen molar-refractivity contribution < 1.29 is 9.53 Å². The summed E-state index contributed by atoms with van der Waals surface area (Å²) < 4.78 is 6.32. The number of likely N-dealkylation sites (tertiary alicyclic amines) is 2. The molecule has 4 rings (SSSR count). The third kappa shape index (κ3) is 4.26. The van der Waals surface area contributed by atoms with Gasteiger partial charge in [0.1, 0.15) is 0 Å². The number of carbonyl (C=O) groups excluding carboxylic acids is 1. The number of piperidine rings is 1. The second-order valence-corrected chi connectivity index (χ2v) is 8.35. The molecule has 3 saturated heterocycles. The fourth-order valence-electron chi connectivity index (χ4n) is 4.94. The smallest absolute Gasteiger partial charge is 0.223 e. The maximum Gasteiger partial charge on any atom is 0.223 e. The summed E-state index contributed by atoms with van der Waals surface area (Å²) in [5.41, 5.74) is 1.06. The van der Waals surface area contributed by atoms with Crippen molar-refractivity contribution in [1.29, 1.82) is 0 Å². The lowest BCUT2D eigenvalue weighted by atomic mass is 9.86. The molecule has 0 aromatic carbocycles. The minimum absolute atomic E-state index is 0.0768. The molecule has 2 atom stereocenters. The molecule has 0 unspecified atom stereocenters. The van der Waals surface area contributed by atoms with Crippen LogP contribution < -0.4 is 0 Å². The highest BCUT2D eigenvalue weighted by Gasteiger charge is 2.44. The summed E-state index contributed by atoms with van der Waals surface area (Å²) in [5.74, 6) is 0.901. The first kappa shape index (κ1) is 17.9. The van der Waals surface area contributed by atoms with E-state index in [-0.39, 0.29) is 11.5 Å². The van der Waals surface area contributed by atoms with E-state index in [1.165, 1.54) is 32.5 Å². The highest BCUT2D eigenvalue weighted by atomic mass is 16.5. The number of aryl methyl sites for hydroxylation is 1. The van der Waals surface area contributed by atoms with Crippen molar-refractivity contribution in [2.75, 3.05) is 39.3 Å². The number of hydrogen-bond donors (Lipinski definition) is 0. The quantitative estimate of drug-likeness (QED) is 0.812. The van der Waals surface area contributed by atoms with Crippen LogP contribution in [0.25, 0.3) is 0 Å². The van der Waals surface area contributed by atoms with Gasteiger partial charge in [-0.25, -0.2) is 0 Å². The van der Waals surface area contributed by atoms with Gasteiger partial charge in [-0.05, 0) is 69.2 Å². The van der Waals surface area contributed by atoms with Gasteiger partial charge in [0.2, 0.25) is 5.91 Å². The first-order chi connectivity index (χ1) is 12.7. The van der Waals surface area contributed by atoms with Crippen LogP contribution in [0.5, 0.6) is 0 Å². The van der Waals surface area contributed by atoms with Crippen LogP contribution in [0.4, 0.5) is 0 Å². The summed E-state index contributed by atoms with van der Waals surface area (Å²) in [6.07, 6.45) is 11.0. The fourth-order valence-corrected chi connectivity index (χ4v) is 4.94. The Morgan fingerprint density at radius 1 is 1.27 bits per heavy atom. The summed E-state index contributed by atoms with van der Waals surface area (Å²) in [7, 11) is 0. The molecule has 1 aromatic rings. The average molecular weight is 357 g/mol. The van der Waals surface area contributed by atoms with Gasteiger partial charge in [-0.3, -0.25) is 9.78 Å². The summed E-state index contributed by atoms with van der Waals surface area (Å²) >= 11 is 0. The van der Waals surface area contributed by atoms with Crippen LogP contribution in [0.2, 0.25) is 0 Å². The highest BCUT2D eigenvalue weighted by Crippen LogP contribution is 2.38. The van der Waals surface area contributed by atoms with E-state index in [9.17, 15) is 4.79 Å². The molecular formula is C21H31N3O2. The van der Waals surface area contributed by atoms with Crippen LogP contribution in [-0.4, -0.2) is 65.6 Å². The zero-order chi connectivity index (χ0) is 17.8. The van der Waals surface area contributed by atoms with Crippen molar-refractivity contribution in [3.05, 3.63) is 30.1 Å². The molecular weight excluding hydrogens is 326 g/mol. The number of carbonyl (C=O) groups is 1. The van der Waals surface area contributed by atoms with Gasteiger partial charge in [0, 0.05) is 38.4 Å². The van der Waals surface area contributed by atoms with E-state index >= 15 is 0 Å². The monoisotopic (exact) mass is 357 g/mol. The van der Waals surface area contributed by atoms with E-state index in [1.54, 1.807) is 6.20 Å². The van der Waals surface area contributed by atoms with Gasteiger partial charge in [0.25, 0.3) is 0 Å². The van der Waals surface area contributed by atoms with Crippen LogP contribution >= 0.6 is 0 Å². The Hall–Kier alpha value is -1.46. The predicted octanol–water partition coefficient (Wildman–Crippen LogP) is 2.51. The summed E-state index contributed by atoms with van der Waals surface area (Å²) in [4.78, 5) is 21.5. The number of amides is 1. The maximum absolute atomic E-state index is 12.7. The van der Waals surface area contributed by atoms with Crippen molar-refractivity contribution in [3.8, 4) is 0 Å². The third-order valence-corrected chi connectivity index (χ3v) is 6.24. The molecule has 0 radical (unpaired) electrons. The van der Waals surface area contributed by atoms with Crippen LogP contribution in [0.1, 0.15) is 44.1 Å². The van der Waals surface area contributed by atoms with Gasteiger partial charge < -0.3 is 14.5 Å². The van der Waals surface area contributed by atoms with Crippen LogP contribution in [0.15, 0.2) is 24.5 Å². The van der Waals surface area contributed by atoms with Crippen molar-refractivity contribution >= 4 is 5.91 Å². The molecule has 1 amide bonds. The zero-order valence-corrected chi connectivity index (χ0v) is 15.7. The second-order valence-electron chi connectivity index (χ2n) is 8.35. The standard InChI is InChI=1S/C21H31N3O2/c25-20(7-6-18-5-3-9-22-14-18)24-12-4-8-21(17-24)13-19(16-26-21)15-23-10-1-2-11-23/h3,5,9,14,19H,1-2,4,6-8,10-13,15-17H2/t19-,21-/m1/s1. The molecule has 3 fully saturated rings. The largest absolute Gasteiger partial charge is 0.373 e. The Labute approximate surface area is 156 Å². The Morgan fingerprint density at radius 3 is 2.96 bits per heavy atom. The lowest BCUT2D eigenvalue weighted by molar-refractivity contribution is -0.139. The first-order valence-electron chi connectivity index (χ1n) is 10.3. The number of rotatable bonds is 5. The van der Waals surface area contributed by atoms with Gasteiger partial charge in [0.05, 0.1) is 12.2 Å². The van der Waals surface area contributed by atoms with E-state index in [2.05, 4.69) is 14.8 Å². The Bertz CT molecular complexity index is 603. The molecule has 0 bridgehead atoms. The third-order valence-electron chi connectivity index (χ3n) is 6.24. The molecule has 4 heterocycles. The van der Waals surface area contributed by atoms with E-state index in [1.807, 2.05) is 18.3 Å². The summed E-state index contributed by atoms with van der Waals surface area (Å²) in [6.45, 7) is 6.22. The Morgan fingerprint density at radius 2 is 2.15 bits per heavy atom. The number of pyridine rings is 1. The second kappa shape index (κ2) is 8.05. The maximum atomic E-state index is 12.7. The SMILES string of the molecule is O=C(CCc1cccnc1)N1CCC[C@@]2(C[C@H](CN3CCCC3)CO2)C1. The number of hydrogen-bond acceptors (Lipinski definition) is 4. The normalized spacial score (nSPS) is 29.5. The van der Waals surface area contributed by atoms with Crippen molar-refractivity contribution in [3.63, 3.8) is 0 Å². The lowest BCUT2D eigenvalue weighted by Gasteiger charge is -2.40. The first-order valence-corrected chi connectivity index (χ1v) is 10.3. The van der Waals surface area contributed by atoms with E-state index in [0.29, 0.717) is 12.3 Å². The molecule has 0 saturated carbocycles. The minimum atomic E-state index is -0.0768. The summed E-state index contributed by atoms with van der Waals surface area (Å²) in [6, 6.07) is 3.98. The fraction of sp³-hybridized carbons (Fsp3) is 0.714. The Balaban J connectivity index is 1.28. The molecule has 0 aliphatic carbocycles. The molecule has 5 nitrogen and oxygen atoms in total. The number of nitrogens with zero attached hydrogens (tertiary/aromatic N) is 3. The van der Waals surface area contributed by atoms with Crippen molar-refractivity contribution in [1.82, 2.24) is 14.8 Å². The predicted molar refractivity (Wildman–Crippen MR) is 101 cm³/mol.